The highest BCUT2D eigenvalue weighted by Crippen LogP contribution is 2.37. The van der Waals surface area contributed by atoms with Gasteiger partial charge in [-0.3, -0.25) is 0 Å². The first-order valence-electron chi connectivity index (χ1n) is 4.45. The Morgan fingerprint density at radius 3 is 2.44 bits per heavy atom. The quantitative estimate of drug-likeness (QED) is 0.774. The SMILES string of the molecule is Cc1nc(-c2c(Cl)cccc2Cl)sc1C#N. The first-order valence-corrected chi connectivity index (χ1v) is 6.02. The Labute approximate surface area is 107 Å². The summed E-state index contributed by atoms with van der Waals surface area (Å²) in [5.41, 5.74) is 1.40. The summed E-state index contributed by atoms with van der Waals surface area (Å²) in [4.78, 5) is 4.89. The molecular formula is C11H6Cl2N2S. The molecule has 0 spiro atoms. The molecule has 0 aliphatic heterocycles. The van der Waals surface area contributed by atoms with Gasteiger partial charge in [0.25, 0.3) is 0 Å². The van der Waals surface area contributed by atoms with E-state index in [4.69, 9.17) is 28.5 Å². The standard InChI is InChI=1S/C11H6Cl2N2S/c1-6-9(5-14)16-11(15-6)10-7(12)3-2-4-8(10)13/h2-4H,1H3. The van der Waals surface area contributed by atoms with E-state index >= 15 is 0 Å². The van der Waals surface area contributed by atoms with Crippen LogP contribution in [0.1, 0.15) is 10.6 Å². The predicted octanol–water partition coefficient (Wildman–Crippen LogP) is 4.30. The number of nitrogens with zero attached hydrogens (tertiary/aromatic N) is 2. The Bertz CT molecular complexity index is 564. The van der Waals surface area contributed by atoms with Gasteiger partial charge in [-0.1, -0.05) is 29.3 Å². The van der Waals surface area contributed by atoms with Crippen LogP contribution in [0.25, 0.3) is 10.6 Å². The highest BCUT2D eigenvalue weighted by atomic mass is 35.5. The van der Waals surface area contributed by atoms with E-state index < -0.39 is 0 Å². The van der Waals surface area contributed by atoms with Crippen LogP contribution in [0.15, 0.2) is 18.2 Å². The molecule has 0 fully saturated rings. The smallest absolute Gasteiger partial charge is 0.128 e. The molecule has 80 valence electrons. The van der Waals surface area contributed by atoms with Crippen LogP contribution in [0.5, 0.6) is 0 Å². The molecule has 1 aromatic heterocycles. The number of nitriles is 1. The Balaban J connectivity index is 2.64. The highest BCUT2D eigenvalue weighted by Gasteiger charge is 2.14. The monoisotopic (exact) mass is 268 g/mol. The van der Waals surface area contributed by atoms with E-state index in [1.54, 1.807) is 25.1 Å². The van der Waals surface area contributed by atoms with Gasteiger partial charge in [0.2, 0.25) is 0 Å². The van der Waals surface area contributed by atoms with Gasteiger partial charge in [-0.25, -0.2) is 4.98 Å². The molecule has 2 rings (SSSR count). The lowest BCUT2D eigenvalue weighted by molar-refractivity contribution is 1.25. The maximum absolute atomic E-state index is 8.87. The van der Waals surface area contributed by atoms with Crippen molar-refractivity contribution >= 4 is 34.5 Å². The second-order valence-corrected chi connectivity index (χ2v) is 4.96. The molecule has 16 heavy (non-hydrogen) atoms. The van der Waals surface area contributed by atoms with Crippen LogP contribution < -0.4 is 0 Å². The van der Waals surface area contributed by atoms with Crippen molar-refractivity contribution in [2.24, 2.45) is 0 Å². The number of benzene rings is 1. The molecule has 0 saturated heterocycles. The van der Waals surface area contributed by atoms with Gasteiger partial charge in [-0.05, 0) is 19.1 Å². The Kier molecular flexibility index (Phi) is 3.15. The summed E-state index contributed by atoms with van der Waals surface area (Å²) in [5, 5.41) is 10.7. The summed E-state index contributed by atoms with van der Waals surface area (Å²) < 4.78 is 0. The Hall–Kier alpha value is -1.08. The van der Waals surface area contributed by atoms with E-state index in [0.717, 1.165) is 0 Å². The lowest BCUT2D eigenvalue weighted by atomic mass is 10.2. The fourth-order valence-corrected chi connectivity index (χ4v) is 2.93. The van der Waals surface area contributed by atoms with Gasteiger partial charge < -0.3 is 0 Å². The average Bonchev–Trinajstić information content (AvgIpc) is 2.59. The molecule has 0 saturated carbocycles. The first kappa shape index (κ1) is 11.4. The van der Waals surface area contributed by atoms with Crippen molar-refractivity contribution in [3.8, 4) is 16.6 Å². The normalized spacial score (nSPS) is 10.1. The summed E-state index contributed by atoms with van der Waals surface area (Å²) in [6.45, 7) is 1.79. The van der Waals surface area contributed by atoms with E-state index in [9.17, 15) is 0 Å². The van der Waals surface area contributed by atoms with Crippen molar-refractivity contribution in [3.63, 3.8) is 0 Å². The number of halogens is 2. The largest absolute Gasteiger partial charge is 0.240 e. The van der Waals surface area contributed by atoms with E-state index in [-0.39, 0.29) is 0 Å². The van der Waals surface area contributed by atoms with Gasteiger partial charge in [-0.2, -0.15) is 5.26 Å². The van der Waals surface area contributed by atoms with Crippen molar-refractivity contribution in [1.29, 1.82) is 5.26 Å². The van der Waals surface area contributed by atoms with Crippen molar-refractivity contribution in [1.82, 2.24) is 4.98 Å². The highest BCUT2D eigenvalue weighted by molar-refractivity contribution is 7.15. The van der Waals surface area contributed by atoms with Crippen molar-refractivity contribution in [3.05, 3.63) is 38.8 Å². The van der Waals surface area contributed by atoms with Crippen LogP contribution in [0, 0.1) is 18.3 Å². The number of thiazole rings is 1. The second kappa shape index (κ2) is 4.42. The minimum Gasteiger partial charge on any atom is -0.240 e. The molecule has 0 radical (unpaired) electrons. The maximum atomic E-state index is 8.87. The maximum Gasteiger partial charge on any atom is 0.128 e. The van der Waals surface area contributed by atoms with Gasteiger partial charge in [0.15, 0.2) is 0 Å². The molecule has 1 aromatic carbocycles. The zero-order valence-electron chi connectivity index (χ0n) is 8.29. The average molecular weight is 269 g/mol. The zero-order chi connectivity index (χ0) is 11.7. The van der Waals surface area contributed by atoms with Crippen molar-refractivity contribution in [2.45, 2.75) is 6.92 Å². The topological polar surface area (TPSA) is 36.7 Å². The van der Waals surface area contributed by atoms with Gasteiger partial charge in [0.1, 0.15) is 16.0 Å². The molecule has 5 heteroatoms. The lowest BCUT2D eigenvalue weighted by Gasteiger charge is -2.01. The number of hydrogen-bond acceptors (Lipinski definition) is 3. The van der Waals surface area contributed by atoms with Gasteiger partial charge in [-0.15, -0.1) is 11.3 Å². The van der Waals surface area contributed by atoms with E-state index in [1.165, 1.54) is 11.3 Å². The molecule has 0 amide bonds. The predicted molar refractivity (Wildman–Crippen MR) is 67.0 cm³/mol. The van der Waals surface area contributed by atoms with Crippen LogP contribution in [-0.4, -0.2) is 4.98 Å². The molecule has 0 bridgehead atoms. The molecule has 1 heterocycles. The Morgan fingerprint density at radius 2 is 1.94 bits per heavy atom. The molecule has 0 N–H and O–H groups in total. The molecule has 0 unspecified atom stereocenters. The van der Waals surface area contributed by atoms with Crippen LogP contribution in [0.3, 0.4) is 0 Å². The van der Waals surface area contributed by atoms with E-state index in [2.05, 4.69) is 11.1 Å². The summed E-state index contributed by atoms with van der Waals surface area (Å²) in [7, 11) is 0. The minimum absolute atomic E-state index is 0.547. The van der Waals surface area contributed by atoms with Gasteiger partial charge in [0, 0.05) is 5.56 Å². The number of aromatic nitrogens is 1. The summed E-state index contributed by atoms with van der Waals surface area (Å²) in [6, 6.07) is 7.38. The number of rotatable bonds is 1. The summed E-state index contributed by atoms with van der Waals surface area (Å²) in [5.74, 6) is 0. The third kappa shape index (κ3) is 1.92. The molecule has 0 aliphatic rings. The Morgan fingerprint density at radius 1 is 1.31 bits per heavy atom. The lowest BCUT2D eigenvalue weighted by Crippen LogP contribution is -1.80. The molecule has 0 aliphatic carbocycles. The molecule has 2 nitrogen and oxygen atoms in total. The van der Waals surface area contributed by atoms with Gasteiger partial charge in [0.05, 0.1) is 15.7 Å². The number of hydrogen-bond donors (Lipinski definition) is 0. The third-order valence-corrected chi connectivity index (χ3v) is 3.78. The zero-order valence-corrected chi connectivity index (χ0v) is 10.6. The van der Waals surface area contributed by atoms with Crippen molar-refractivity contribution < 1.29 is 0 Å². The van der Waals surface area contributed by atoms with E-state index in [1.807, 2.05) is 0 Å². The van der Waals surface area contributed by atoms with E-state index in [0.29, 0.717) is 31.2 Å². The van der Waals surface area contributed by atoms with Crippen molar-refractivity contribution in [2.75, 3.05) is 0 Å². The fourth-order valence-electron chi connectivity index (χ4n) is 1.31. The molecule has 2 aromatic rings. The number of aryl methyl sites for hydroxylation is 1. The summed E-state index contributed by atoms with van der Waals surface area (Å²) >= 11 is 13.4. The summed E-state index contributed by atoms with van der Waals surface area (Å²) in [6.07, 6.45) is 0. The molecule has 0 atom stereocenters. The van der Waals surface area contributed by atoms with Crippen LogP contribution in [-0.2, 0) is 0 Å². The van der Waals surface area contributed by atoms with Crippen LogP contribution >= 0.6 is 34.5 Å². The van der Waals surface area contributed by atoms with Crippen LogP contribution in [0.4, 0.5) is 0 Å². The third-order valence-electron chi connectivity index (χ3n) is 2.07. The fraction of sp³-hybridized carbons (Fsp3) is 0.0909. The van der Waals surface area contributed by atoms with Gasteiger partial charge >= 0.3 is 0 Å². The second-order valence-electron chi connectivity index (χ2n) is 3.14. The minimum atomic E-state index is 0.547. The molecular weight excluding hydrogens is 263 g/mol. The first-order chi connectivity index (χ1) is 7.63. The van der Waals surface area contributed by atoms with Crippen LogP contribution in [0.2, 0.25) is 10.0 Å².